The molecule has 0 radical (unpaired) electrons. The fourth-order valence-corrected chi connectivity index (χ4v) is 1.41. The highest BCUT2D eigenvalue weighted by Crippen LogP contribution is 2.19. The second kappa shape index (κ2) is 4.45. The van der Waals surface area contributed by atoms with E-state index in [4.69, 9.17) is 4.42 Å². The van der Waals surface area contributed by atoms with E-state index in [1.54, 1.807) is 6.20 Å². The number of hydrogen-bond acceptors (Lipinski definition) is 7. The lowest BCUT2D eigenvalue weighted by Crippen LogP contribution is -2.21. The highest BCUT2D eigenvalue weighted by atomic mass is 32.1. The lowest BCUT2D eigenvalue weighted by Gasteiger charge is -2.03. The van der Waals surface area contributed by atoms with Gasteiger partial charge in [0.2, 0.25) is 5.89 Å². The van der Waals surface area contributed by atoms with Gasteiger partial charge in [-0.3, -0.25) is 0 Å². The molecule has 0 aliphatic heterocycles. The van der Waals surface area contributed by atoms with Crippen LogP contribution in [0.4, 0.5) is 0 Å². The monoisotopic (exact) mass is 225 g/mol. The van der Waals surface area contributed by atoms with Crippen LogP contribution in [0.3, 0.4) is 0 Å². The predicted molar refractivity (Wildman–Crippen MR) is 55.2 cm³/mol. The molecule has 2 heterocycles. The zero-order valence-corrected chi connectivity index (χ0v) is 9.28. The van der Waals surface area contributed by atoms with E-state index in [9.17, 15) is 0 Å². The number of nitrogens with one attached hydrogen (secondary N) is 1. The van der Waals surface area contributed by atoms with Gasteiger partial charge in [-0.15, -0.1) is 15.3 Å². The first kappa shape index (κ1) is 10.2. The molecule has 0 saturated heterocycles. The Morgan fingerprint density at radius 3 is 3.00 bits per heavy atom. The summed E-state index contributed by atoms with van der Waals surface area (Å²) in [5.74, 6) is 1.05. The van der Waals surface area contributed by atoms with Gasteiger partial charge in [0.1, 0.15) is 4.88 Å². The largest absolute Gasteiger partial charge is 0.418 e. The van der Waals surface area contributed by atoms with Gasteiger partial charge < -0.3 is 9.73 Å². The van der Waals surface area contributed by atoms with E-state index in [1.165, 1.54) is 11.5 Å². The Balaban J connectivity index is 2.04. The summed E-state index contributed by atoms with van der Waals surface area (Å²) in [6.45, 7) is 4.70. The fourth-order valence-electron chi connectivity index (χ4n) is 0.977. The molecule has 80 valence electrons. The molecule has 2 aromatic rings. The van der Waals surface area contributed by atoms with Crippen molar-refractivity contribution in [3.05, 3.63) is 12.1 Å². The maximum absolute atomic E-state index is 5.42. The molecule has 15 heavy (non-hydrogen) atoms. The molecule has 0 aliphatic rings. The zero-order chi connectivity index (χ0) is 10.7. The van der Waals surface area contributed by atoms with E-state index in [0.717, 1.165) is 4.88 Å². The molecule has 0 unspecified atom stereocenters. The SMILES string of the molecule is CC(C)NCc1nnc(-c2cnns2)o1. The summed E-state index contributed by atoms with van der Waals surface area (Å²) < 4.78 is 9.15. The van der Waals surface area contributed by atoms with Crippen molar-refractivity contribution in [2.45, 2.75) is 26.4 Å². The van der Waals surface area contributed by atoms with Crippen LogP contribution in [0.15, 0.2) is 10.6 Å². The molecular formula is C8H11N5OS. The van der Waals surface area contributed by atoms with Gasteiger partial charge in [0.05, 0.1) is 12.7 Å². The van der Waals surface area contributed by atoms with Crippen LogP contribution in [0.25, 0.3) is 10.8 Å². The van der Waals surface area contributed by atoms with Crippen molar-refractivity contribution < 1.29 is 4.42 Å². The molecular weight excluding hydrogens is 214 g/mol. The van der Waals surface area contributed by atoms with E-state index in [-0.39, 0.29) is 0 Å². The smallest absolute Gasteiger partial charge is 0.261 e. The fraction of sp³-hybridized carbons (Fsp3) is 0.500. The van der Waals surface area contributed by atoms with Gasteiger partial charge in [0.25, 0.3) is 5.89 Å². The average molecular weight is 225 g/mol. The molecule has 0 aliphatic carbocycles. The van der Waals surface area contributed by atoms with E-state index < -0.39 is 0 Å². The second-order valence-corrected chi connectivity index (χ2v) is 4.10. The van der Waals surface area contributed by atoms with Crippen molar-refractivity contribution in [1.29, 1.82) is 0 Å². The third kappa shape index (κ3) is 2.57. The van der Waals surface area contributed by atoms with E-state index >= 15 is 0 Å². The van der Waals surface area contributed by atoms with Crippen LogP contribution in [0, 0.1) is 0 Å². The maximum Gasteiger partial charge on any atom is 0.261 e. The standard InChI is InChI=1S/C8H11N5OS/c1-5(2)9-4-7-11-12-8(14-7)6-3-10-13-15-6/h3,5,9H,4H2,1-2H3. The highest BCUT2D eigenvalue weighted by molar-refractivity contribution is 7.09. The summed E-state index contributed by atoms with van der Waals surface area (Å²) in [4.78, 5) is 0.790. The Kier molecular flexibility index (Phi) is 3.02. The zero-order valence-electron chi connectivity index (χ0n) is 8.47. The van der Waals surface area contributed by atoms with Crippen molar-refractivity contribution >= 4 is 11.5 Å². The first-order valence-corrected chi connectivity index (χ1v) is 5.36. The summed E-state index contributed by atoms with van der Waals surface area (Å²) in [6.07, 6.45) is 1.61. The molecule has 1 N–H and O–H groups in total. The Morgan fingerprint density at radius 1 is 1.47 bits per heavy atom. The topological polar surface area (TPSA) is 76.7 Å². The van der Waals surface area contributed by atoms with Crippen LogP contribution < -0.4 is 5.32 Å². The van der Waals surface area contributed by atoms with Crippen LogP contribution in [0.2, 0.25) is 0 Å². The van der Waals surface area contributed by atoms with Crippen LogP contribution in [-0.2, 0) is 6.54 Å². The molecule has 6 nitrogen and oxygen atoms in total. The van der Waals surface area contributed by atoms with Gasteiger partial charge in [-0.25, -0.2) is 0 Å². The molecule has 0 amide bonds. The van der Waals surface area contributed by atoms with Gasteiger partial charge in [0.15, 0.2) is 0 Å². The molecule has 7 heteroatoms. The lowest BCUT2D eigenvalue weighted by molar-refractivity contribution is 0.459. The van der Waals surface area contributed by atoms with Gasteiger partial charge in [-0.2, -0.15) is 0 Å². The van der Waals surface area contributed by atoms with Crippen LogP contribution in [0.1, 0.15) is 19.7 Å². The molecule has 2 rings (SSSR count). The summed E-state index contributed by atoms with van der Waals surface area (Å²) in [5.41, 5.74) is 0. The summed E-state index contributed by atoms with van der Waals surface area (Å²) in [7, 11) is 0. The third-order valence-electron chi connectivity index (χ3n) is 1.70. The number of nitrogens with zero attached hydrogens (tertiary/aromatic N) is 4. The van der Waals surface area contributed by atoms with Crippen molar-refractivity contribution in [2.24, 2.45) is 0 Å². The van der Waals surface area contributed by atoms with Crippen molar-refractivity contribution in [3.8, 4) is 10.8 Å². The molecule has 2 aromatic heterocycles. The third-order valence-corrected chi connectivity index (χ3v) is 2.35. The van der Waals surface area contributed by atoms with Crippen LogP contribution in [0.5, 0.6) is 0 Å². The second-order valence-electron chi connectivity index (χ2n) is 3.32. The van der Waals surface area contributed by atoms with E-state index in [1.807, 2.05) is 0 Å². The maximum atomic E-state index is 5.42. The van der Waals surface area contributed by atoms with Gasteiger partial charge >= 0.3 is 0 Å². The number of hydrogen-bond donors (Lipinski definition) is 1. The summed E-state index contributed by atoms with van der Waals surface area (Å²) >= 11 is 1.24. The van der Waals surface area contributed by atoms with Crippen molar-refractivity contribution in [3.63, 3.8) is 0 Å². The lowest BCUT2D eigenvalue weighted by atomic mass is 10.4. The van der Waals surface area contributed by atoms with Crippen molar-refractivity contribution in [1.82, 2.24) is 25.1 Å². The van der Waals surface area contributed by atoms with Crippen LogP contribution in [-0.4, -0.2) is 25.8 Å². The minimum atomic E-state index is 0.394. The van der Waals surface area contributed by atoms with E-state index in [2.05, 4.69) is 38.9 Å². The van der Waals surface area contributed by atoms with Crippen LogP contribution >= 0.6 is 11.5 Å². The van der Waals surface area contributed by atoms with Gasteiger partial charge in [0, 0.05) is 6.04 Å². The Hall–Kier alpha value is -1.34. The number of aromatic nitrogens is 4. The minimum absolute atomic E-state index is 0.394. The van der Waals surface area contributed by atoms with E-state index in [0.29, 0.717) is 24.4 Å². The summed E-state index contributed by atoms with van der Waals surface area (Å²) in [6, 6.07) is 0.394. The minimum Gasteiger partial charge on any atom is -0.418 e. The summed E-state index contributed by atoms with van der Waals surface area (Å²) in [5, 5.41) is 14.7. The normalized spacial score (nSPS) is 11.1. The number of rotatable bonds is 4. The first-order chi connectivity index (χ1) is 7.25. The predicted octanol–water partition coefficient (Wildman–Crippen LogP) is 1.09. The Labute approximate surface area is 90.9 Å². The molecule has 0 saturated carbocycles. The Bertz CT molecular complexity index is 410. The molecule has 0 fully saturated rings. The molecule has 0 atom stereocenters. The molecule has 0 bridgehead atoms. The van der Waals surface area contributed by atoms with Gasteiger partial charge in [-0.05, 0) is 11.5 Å². The molecule has 0 aromatic carbocycles. The van der Waals surface area contributed by atoms with Crippen molar-refractivity contribution in [2.75, 3.05) is 0 Å². The average Bonchev–Trinajstić information content (AvgIpc) is 2.85. The quantitative estimate of drug-likeness (QED) is 0.839. The highest BCUT2D eigenvalue weighted by Gasteiger charge is 2.10. The first-order valence-electron chi connectivity index (χ1n) is 4.59. The molecule has 0 spiro atoms. The van der Waals surface area contributed by atoms with Gasteiger partial charge in [-0.1, -0.05) is 18.3 Å². The Morgan fingerprint density at radius 2 is 2.33 bits per heavy atom.